The van der Waals surface area contributed by atoms with Crippen molar-refractivity contribution < 1.29 is 0 Å². The molecule has 0 aliphatic heterocycles. The predicted octanol–water partition coefficient (Wildman–Crippen LogP) is 1.32. The number of aromatic nitrogens is 4. The molecule has 0 spiro atoms. The maximum absolute atomic E-state index is 5.85. The van der Waals surface area contributed by atoms with Gasteiger partial charge in [-0.05, 0) is 13.3 Å². The highest BCUT2D eigenvalue weighted by Crippen LogP contribution is 2.21. The summed E-state index contributed by atoms with van der Waals surface area (Å²) in [5.74, 6) is 0.581. The minimum atomic E-state index is 0.581. The van der Waals surface area contributed by atoms with Gasteiger partial charge in [-0.2, -0.15) is 5.10 Å². The molecule has 82 valence electrons. The van der Waals surface area contributed by atoms with Gasteiger partial charge in [-0.15, -0.1) is 0 Å². The van der Waals surface area contributed by atoms with Gasteiger partial charge in [0, 0.05) is 13.6 Å². The molecule has 0 radical (unpaired) electrons. The number of hydrogen-bond donors (Lipinski definition) is 1. The Morgan fingerprint density at radius 2 is 2.07 bits per heavy atom. The van der Waals surface area contributed by atoms with Crippen molar-refractivity contribution >= 4 is 17.1 Å². The highest BCUT2D eigenvalue weighted by molar-refractivity contribution is 5.77. The fourth-order valence-corrected chi connectivity index (χ4v) is 1.98. The Hall–Kier alpha value is -1.52. The molecule has 5 nitrogen and oxygen atoms in total. The molecule has 0 atom stereocenters. The first kappa shape index (κ1) is 10.0. The molecule has 2 N–H and O–H groups in total. The Kier molecular flexibility index (Phi) is 2.38. The van der Waals surface area contributed by atoms with Crippen LogP contribution < -0.4 is 5.73 Å². The molecule has 2 heterocycles. The van der Waals surface area contributed by atoms with Crippen LogP contribution in [0.4, 0.5) is 5.95 Å². The number of aryl methyl sites for hydroxylation is 3. The lowest BCUT2D eigenvalue weighted by atomic mass is 10.2. The van der Waals surface area contributed by atoms with E-state index in [0.29, 0.717) is 5.95 Å². The molecule has 0 unspecified atom stereocenters. The van der Waals surface area contributed by atoms with Gasteiger partial charge in [-0.3, -0.25) is 9.25 Å². The quantitative estimate of drug-likeness (QED) is 0.825. The number of nitrogens with zero attached hydrogens (tertiary/aromatic N) is 4. The van der Waals surface area contributed by atoms with Crippen molar-refractivity contribution in [3.63, 3.8) is 0 Å². The first-order valence-corrected chi connectivity index (χ1v) is 5.36. The Bertz CT molecular complexity index is 479. The van der Waals surface area contributed by atoms with Crippen LogP contribution in [0, 0.1) is 0 Å². The summed E-state index contributed by atoms with van der Waals surface area (Å²) in [6.45, 7) is 5.03. The smallest absolute Gasteiger partial charge is 0.202 e. The molecular formula is C10H17N5. The van der Waals surface area contributed by atoms with Crippen molar-refractivity contribution in [3.05, 3.63) is 5.69 Å². The summed E-state index contributed by atoms with van der Waals surface area (Å²) in [5.41, 5.74) is 8.89. The topological polar surface area (TPSA) is 61.7 Å². The Morgan fingerprint density at radius 3 is 2.67 bits per heavy atom. The molecule has 15 heavy (non-hydrogen) atoms. The minimum Gasteiger partial charge on any atom is -0.369 e. The summed E-state index contributed by atoms with van der Waals surface area (Å²) < 4.78 is 3.86. The molecule has 0 fully saturated rings. The van der Waals surface area contributed by atoms with Crippen LogP contribution in [-0.2, 0) is 20.0 Å². The summed E-state index contributed by atoms with van der Waals surface area (Å²) in [4.78, 5) is 4.38. The van der Waals surface area contributed by atoms with E-state index >= 15 is 0 Å². The normalized spacial score (nSPS) is 11.4. The number of nitrogen functional groups attached to an aromatic ring is 1. The van der Waals surface area contributed by atoms with Crippen LogP contribution in [0.25, 0.3) is 11.2 Å². The summed E-state index contributed by atoms with van der Waals surface area (Å²) in [7, 11) is 1.94. The van der Waals surface area contributed by atoms with Crippen molar-refractivity contribution in [2.45, 2.75) is 33.2 Å². The SMILES string of the molecule is CCCc1nn(C)c2c1nc(N)n2CC. The van der Waals surface area contributed by atoms with Crippen LogP contribution in [0.5, 0.6) is 0 Å². The van der Waals surface area contributed by atoms with Crippen LogP contribution in [0.15, 0.2) is 0 Å². The molecule has 2 aromatic rings. The lowest BCUT2D eigenvalue weighted by molar-refractivity contribution is 0.702. The monoisotopic (exact) mass is 207 g/mol. The predicted molar refractivity (Wildman–Crippen MR) is 60.6 cm³/mol. The molecule has 0 aliphatic rings. The van der Waals surface area contributed by atoms with Gasteiger partial charge in [-0.25, -0.2) is 4.98 Å². The van der Waals surface area contributed by atoms with Gasteiger partial charge < -0.3 is 5.73 Å². The first-order valence-electron chi connectivity index (χ1n) is 5.36. The molecule has 2 aromatic heterocycles. The molecular weight excluding hydrogens is 190 g/mol. The molecule has 0 aliphatic carbocycles. The molecule has 0 aromatic carbocycles. The van der Waals surface area contributed by atoms with Crippen LogP contribution >= 0.6 is 0 Å². The second-order valence-electron chi connectivity index (χ2n) is 3.71. The van der Waals surface area contributed by atoms with E-state index in [0.717, 1.165) is 36.2 Å². The standard InChI is InChI=1S/C10H17N5/c1-4-6-7-8-9(14(3)13-7)15(5-2)10(11)12-8/h4-6H2,1-3H3,(H2,11,12). The minimum absolute atomic E-state index is 0.581. The van der Waals surface area contributed by atoms with Gasteiger partial charge >= 0.3 is 0 Å². The Labute approximate surface area is 88.9 Å². The van der Waals surface area contributed by atoms with E-state index in [1.54, 1.807) is 0 Å². The highest BCUT2D eigenvalue weighted by Gasteiger charge is 2.15. The van der Waals surface area contributed by atoms with Crippen LogP contribution in [0.2, 0.25) is 0 Å². The number of hydrogen-bond acceptors (Lipinski definition) is 3. The second-order valence-corrected chi connectivity index (χ2v) is 3.71. The summed E-state index contributed by atoms with van der Waals surface area (Å²) in [5, 5.41) is 4.47. The van der Waals surface area contributed by atoms with E-state index in [-0.39, 0.29) is 0 Å². The number of imidazole rings is 1. The fourth-order valence-electron chi connectivity index (χ4n) is 1.98. The lowest BCUT2D eigenvalue weighted by Crippen LogP contribution is -2.05. The van der Waals surface area contributed by atoms with E-state index in [1.165, 1.54) is 0 Å². The average Bonchev–Trinajstić information content (AvgIpc) is 2.66. The van der Waals surface area contributed by atoms with E-state index < -0.39 is 0 Å². The maximum atomic E-state index is 5.85. The molecule has 2 rings (SSSR count). The molecule has 0 amide bonds. The van der Waals surface area contributed by atoms with E-state index in [1.807, 2.05) is 16.3 Å². The molecule has 0 bridgehead atoms. The highest BCUT2D eigenvalue weighted by atomic mass is 15.3. The number of rotatable bonds is 3. The Morgan fingerprint density at radius 1 is 1.33 bits per heavy atom. The average molecular weight is 207 g/mol. The van der Waals surface area contributed by atoms with Gasteiger partial charge in [0.2, 0.25) is 5.95 Å². The van der Waals surface area contributed by atoms with Crippen LogP contribution in [0.3, 0.4) is 0 Å². The first-order chi connectivity index (χ1) is 7.19. The second kappa shape index (κ2) is 3.56. The van der Waals surface area contributed by atoms with Crippen molar-refractivity contribution in [3.8, 4) is 0 Å². The molecule has 0 saturated carbocycles. The van der Waals surface area contributed by atoms with Crippen molar-refractivity contribution in [2.24, 2.45) is 7.05 Å². The van der Waals surface area contributed by atoms with E-state index in [4.69, 9.17) is 5.73 Å². The summed E-state index contributed by atoms with van der Waals surface area (Å²) >= 11 is 0. The molecule has 0 saturated heterocycles. The number of nitrogens with two attached hydrogens (primary N) is 1. The zero-order valence-corrected chi connectivity index (χ0v) is 9.49. The fraction of sp³-hybridized carbons (Fsp3) is 0.600. The van der Waals surface area contributed by atoms with Crippen LogP contribution in [0.1, 0.15) is 26.0 Å². The van der Waals surface area contributed by atoms with E-state index in [9.17, 15) is 0 Å². The zero-order valence-electron chi connectivity index (χ0n) is 9.49. The third kappa shape index (κ3) is 1.38. The van der Waals surface area contributed by atoms with Gasteiger partial charge in [0.15, 0.2) is 5.65 Å². The third-order valence-corrected chi connectivity index (χ3v) is 2.62. The zero-order chi connectivity index (χ0) is 11.0. The van der Waals surface area contributed by atoms with E-state index in [2.05, 4.69) is 23.9 Å². The summed E-state index contributed by atoms with van der Waals surface area (Å²) in [6.07, 6.45) is 2.03. The van der Waals surface area contributed by atoms with Crippen LogP contribution in [-0.4, -0.2) is 19.3 Å². The van der Waals surface area contributed by atoms with Crippen molar-refractivity contribution in [1.82, 2.24) is 19.3 Å². The largest absolute Gasteiger partial charge is 0.369 e. The third-order valence-electron chi connectivity index (χ3n) is 2.62. The lowest BCUT2D eigenvalue weighted by Gasteiger charge is -2.01. The Balaban J connectivity index is 2.68. The maximum Gasteiger partial charge on any atom is 0.202 e. The van der Waals surface area contributed by atoms with Gasteiger partial charge in [-0.1, -0.05) is 13.3 Å². The summed E-state index contributed by atoms with van der Waals surface area (Å²) in [6, 6.07) is 0. The van der Waals surface area contributed by atoms with Gasteiger partial charge in [0.05, 0.1) is 5.69 Å². The number of fused-ring (bicyclic) bond motifs is 1. The number of anilines is 1. The van der Waals surface area contributed by atoms with Gasteiger partial charge in [0.1, 0.15) is 5.52 Å². The van der Waals surface area contributed by atoms with Gasteiger partial charge in [0.25, 0.3) is 0 Å². The molecule has 5 heteroatoms. The van der Waals surface area contributed by atoms with Crippen molar-refractivity contribution in [1.29, 1.82) is 0 Å². The van der Waals surface area contributed by atoms with Crippen molar-refractivity contribution in [2.75, 3.05) is 5.73 Å².